The van der Waals surface area contributed by atoms with Gasteiger partial charge in [0.15, 0.2) is 0 Å². The maximum absolute atomic E-state index is 12.5. The van der Waals surface area contributed by atoms with Gasteiger partial charge < -0.3 is 10.2 Å². The molecule has 1 N–H and O–H groups in total. The molecule has 1 atom stereocenters. The van der Waals surface area contributed by atoms with Crippen LogP contribution in [0.2, 0.25) is 0 Å². The van der Waals surface area contributed by atoms with Crippen LogP contribution in [0.4, 0.5) is 0 Å². The lowest BCUT2D eigenvalue weighted by atomic mass is 10.0. The van der Waals surface area contributed by atoms with Gasteiger partial charge in [-0.05, 0) is 36.0 Å². The second-order valence-electron chi connectivity index (χ2n) is 6.52. The van der Waals surface area contributed by atoms with Crippen molar-refractivity contribution in [1.82, 2.24) is 10.2 Å². The maximum atomic E-state index is 12.5. The van der Waals surface area contributed by atoms with Gasteiger partial charge in [-0.15, -0.1) is 0 Å². The Morgan fingerprint density at radius 1 is 1.15 bits per heavy atom. The Kier molecular flexibility index (Phi) is 5.58. The third kappa shape index (κ3) is 4.24. The molecule has 0 saturated heterocycles. The summed E-state index contributed by atoms with van der Waals surface area (Å²) in [4.78, 5) is 30.9. The number of carbonyl (C=O) groups excluding carboxylic acids is 2. The lowest BCUT2D eigenvalue weighted by Crippen LogP contribution is -2.40. The molecule has 0 bridgehead atoms. The summed E-state index contributed by atoms with van der Waals surface area (Å²) in [7, 11) is 2.07. The van der Waals surface area contributed by atoms with Gasteiger partial charge in [-0.25, -0.2) is 4.99 Å². The predicted octanol–water partition coefficient (Wildman–Crippen LogP) is 1.01. The van der Waals surface area contributed by atoms with Crippen molar-refractivity contribution in [3.63, 3.8) is 0 Å². The van der Waals surface area contributed by atoms with Gasteiger partial charge in [-0.1, -0.05) is 55.5 Å². The van der Waals surface area contributed by atoms with Gasteiger partial charge in [0.2, 0.25) is 5.91 Å². The lowest BCUT2D eigenvalue weighted by Gasteiger charge is -2.15. The van der Waals surface area contributed by atoms with E-state index in [9.17, 15) is 9.59 Å². The molecule has 2 amide bonds. The van der Waals surface area contributed by atoms with Gasteiger partial charge >= 0.3 is 0 Å². The molecule has 5 nitrogen and oxygen atoms in total. The summed E-state index contributed by atoms with van der Waals surface area (Å²) in [6.07, 6.45) is 1.69. The molecule has 2 aromatic rings. The summed E-state index contributed by atoms with van der Waals surface area (Å²) in [5.41, 5.74) is 2.21. The average molecular weight is 349 g/mol. The van der Waals surface area contributed by atoms with Crippen LogP contribution >= 0.6 is 0 Å². The Balaban J connectivity index is 1.67. The van der Waals surface area contributed by atoms with Gasteiger partial charge in [0.1, 0.15) is 5.92 Å². The molecule has 3 rings (SSSR count). The van der Waals surface area contributed by atoms with Gasteiger partial charge in [-0.3, -0.25) is 9.59 Å². The van der Waals surface area contributed by atoms with Crippen LogP contribution in [0.3, 0.4) is 0 Å². The normalized spacial score (nSPS) is 15.8. The van der Waals surface area contributed by atoms with Crippen molar-refractivity contribution in [2.45, 2.75) is 20.0 Å². The van der Waals surface area contributed by atoms with Crippen LogP contribution in [0.15, 0.2) is 53.5 Å². The van der Waals surface area contributed by atoms with E-state index in [1.807, 2.05) is 30.3 Å². The zero-order valence-corrected chi connectivity index (χ0v) is 15.1. The minimum absolute atomic E-state index is 0.315. The molecule has 0 fully saturated rings. The molecular weight excluding hydrogens is 326 g/mol. The van der Waals surface area contributed by atoms with Crippen molar-refractivity contribution in [2.24, 2.45) is 10.9 Å². The van der Waals surface area contributed by atoms with E-state index in [0.717, 1.165) is 23.9 Å². The van der Waals surface area contributed by atoms with Crippen LogP contribution in [0.5, 0.6) is 0 Å². The monoisotopic (exact) mass is 349 g/mol. The topological polar surface area (TPSA) is 61.8 Å². The number of benzene rings is 2. The highest BCUT2D eigenvalue weighted by Gasteiger charge is 2.25. The number of nitrogens with one attached hydrogen (secondary N) is 1. The van der Waals surface area contributed by atoms with E-state index < -0.39 is 11.8 Å². The number of fused-ring (bicyclic) bond motifs is 1. The van der Waals surface area contributed by atoms with Gasteiger partial charge in [0.05, 0.1) is 5.36 Å². The lowest BCUT2D eigenvalue weighted by molar-refractivity contribution is -0.131. The average Bonchev–Trinajstić information content (AvgIpc) is 2.65. The van der Waals surface area contributed by atoms with Crippen molar-refractivity contribution in [3.05, 3.63) is 70.2 Å². The predicted molar refractivity (Wildman–Crippen MR) is 100 cm³/mol. The summed E-state index contributed by atoms with van der Waals surface area (Å²) in [5, 5.41) is 4.30. The molecule has 0 aromatic heterocycles. The SMILES string of the molecule is CCN(C)Cc1cccc(CNC(=O)C2C=c3ccccc3=NC2=O)c1. The van der Waals surface area contributed by atoms with E-state index in [0.29, 0.717) is 11.9 Å². The Bertz CT molecular complexity index is 936. The largest absolute Gasteiger partial charge is 0.351 e. The second-order valence-corrected chi connectivity index (χ2v) is 6.52. The summed E-state index contributed by atoms with van der Waals surface area (Å²) in [5.74, 6) is -1.59. The number of hydrogen-bond donors (Lipinski definition) is 1. The summed E-state index contributed by atoms with van der Waals surface area (Å²) >= 11 is 0. The first-order valence-electron chi connectivity index (χ1n) is 8.80. The third-order valence-corrected chi connectivity index (χ3v) is 4.51. The molecule has 1 aliphatic rings. The Labute approximate surface area is 153 Å². The first-order valence-corrected chi connectivity index (χ1v) is 8.80. The number of carbonyl (C=O) groups is 2. The smallest absolute Gasteiger partial charge is 0.262 e. The number of hydrogen-bond acceptors (Lipinski definition) is 3. The molecule has 2 aromatic carbocycles. The summed E-state index contributed by atoms with van der Waals surface area (Å²) in [6.45, 7) is 4.35. The number of para-hydroxylation sites is 1. The molecule has 5 heteroatoms. The molecule has 1 heterocycles. The highest BCUT2D eigenvalue weighted by Crippen LogP contribution is 2.09. The highest BCUT2D eigenvalue weighted by molar-refractivity contribution is 6.06. The van der Waals surface area contributed by atoms with Crippen molar-refractivity contribution in [1.29, 1.82) is 0 Å². The fourth-order valence-corrected chi connectivity index (χ4v) is 2.92. The van der Waals surface area contributed by atoms with E-state index >= 15 is 0 Å². The van der Waals surface area contributed by atoms with Crippen molar-refractivity contribution in [3.8, 4) is 0 Å². The molecule has 26 heavy (non-hydrogen) atoms. The van der Waals surface area contributed by atoms with Crippen LogP contribution in [-0.4, -0.2) is 30.3 Å². The van der Waals surface area contributed by atoms with E-state index in [1.165, 1.54) is 5.56 Å². The Morgan fingerprint density at radius 2 is 1.92 bits per heavy atom. The first kappa shape index (κ1) is 18.0. The third-order valence-electron chi connectivity index (χ3n) is 4.51. The van der Waals surface area contributed by atoms with Gasteiger partial charge in [0, 0.05) is 13.1 Å². The molecule has 1 unspecified atom stereocenters. The molecule has 134 valence electrons. The quantitative estimate of drug-likeness (QED) is 0.792. The Hall–Kier alpha value is -2.79. The highest BCUT2D eigenvalue weighted by atomic mass is 16.2. The van der Waals surface area contributed by atoms with Crippen LogP contribution in [-0.2, 0) is 22.7 Å². The number of nitrogens with zero attached hydrogens (tertiary/aromatic N) is 2. The molecule has 1 aliphatic heterocycles. The minimum atomic E-state index is -0.862. The molecular formula is C21H23N3O2. The number of amides is 2. The van der Waals surface area contributed by atoms with Crippen LogP contribution in [0, 0.1) is 5.92 Å². The Morgan fingerprint density at radius 3 is 2.73 bits per heavy atom. The summed E-state index contributed by atoms with van der Waals surface area (Å²) < 4.78 is 0. The van der Waals surface area contributed by atoms with Crippen molar-refractivity contribution in [2.75, 3.05) is 13.6 Å². The van der Waals surface area contributed by atoms with E-state index in [1.54, 1.807) is 12.1 Å². The standard InChI is InChI=1S/C21H23N3O2/c1-3-24(2)14-16-8-6-7-15(11-16)13-22-20(25)18-12-17-9-4-5-10-19(17)23-21(18)26/h4-12,18H,3,13-14H2,1-2H3,(H,22,25). The second kappa shape index (κ2) is 8.06. The van der Waals surface area contributed by atoms with Gasteiger partial charge in [-0.2, -0.15) is 0 Å². The van der Waals surface area contributed by atoms with Crippen LogP contribution in [0.1, 0.15) is 18.1 Å². The molecule has 0 radical (unpaired) electrons. The van der Waals surface area contributed by atoms with Gasteiger partial charge in [0.25, 0.3) is 5.91 Å². The zero-order valence-electron chi connectivity index (χ0n) is 15.1. The van der Waals surface area contributed by atoms with E-state index in [-0.39, 0.29) is 5.91 Å². The maximum Gasteiger partial charge on any atom is 0.262 e. The molecule has 0 saturated carbocycles. The van der Waals surface area contributed by atoms with E-state index in [4.69, 9.17) is 0 Å². The van der Waals surface area contributed by atoms with Crippen LogP contribution in [0.25, 0.3) is 6.08 Å². The van der Waals surface area contributed by atoms with Crippen molar-refractivity contribution < 1.29 is 9.59 Å². The van der Waals surface area contributed by atoms with Crippen LogP contribution < -0.4 is 15.9 Å². The molecule has 0 spiro atoms. The number of rotatable bonds is 6. The van der Waals surface area contributed by atoms with E-state index in [2.05, 4.69) is 41.3 Å². The fraction of sp³-hybridized carbons (Fsp3) is 0.286. The fourth-order valence-electron chi connectivity index (χ4n) is 2.92. The van der Waals surface area contributed by atoms with Crippen molar-refractivity contribution >= 4 is 17.9 Å². The minimum Gasteiger partial charge on any atom is -0.351 e. The molecule has 0 aliphatic carbocycles. The summed E-state index contributed by atoms with van der Waals surface area (Å²) in [6, 6.07) is 15.5. The zero-order chi connectivity index (χ0) is 18.5. The first-order chi connectivity index (χ1) is 12.6.